The van der Waals surface area contributed by atoms with Crippen molar-refractivity contribution in [3.8, 4) is 0 Å². The van der Waals surface area contributed by atoms with Gasteiger partial charge in [0.2, 0.25) is 0 Å². The summed E-state index contributed by atoms with van der Waals surface area (Å²) in [7, 11) is 0. The molecule has 1 N–H and O–H groups in total. The number of halogens is 4. The second-order valence-corrected chi connectivity index (χ2v) is 4.45. The van der Waals surface area contributed by atoms with E-state index in [1.54, 1.807) is 0 Å². The van der Waals surface area contributed by atoms with Crippen LogP contribution in [0.1, 0.15) is 29.8 Å². The van der Waals surface area contributed by atoms with Gasteiger partial charge < -0.3 is 10.2 Å². The maximum absolute atomic E-state index is 13.7. The van der Waals surface area contributed by atoms with E-state index in [0.29, 0.717) is 12.6 Å². The minimum atomic E-state index is -4.82. The van der Waals surface area contributed by atoms with Crippen LogP contribution in [0.15, 0.2) is 18.2 Å². The zero-order valence-electron chi connectivity index (χ0n) is 11.9. The number of carbonyl (C=O) groups excluding carboxylic acids is 1. The maximum Gasteiger partial charge on any atom is 0.419 e. The van der Waals surface area contributed by atoms with Crippen LogP contribution in [0.4, 0.5) is 17.6 Å². The van der Waals surface area contributed by atoms with Crippen LogP contribution in [0, 0.1) is 5.82 Å². The summed E-state index contributed by atoms with van der Waals surface area (Å²) < 4.78 is 51.4. The lowest BCUT2D eigenvalue weighted by molar-refractivity contribution is -0.140. The smallest absolute Gasteiger partial charge is 0.351 e. The normalized spacial score (nSPS) is 11.8. The maximum atomic E-state index is 13.7. The fraction of sp³-hybridized carbons (Fsp3) is 0.500. The fourth-order valence-corrected chi connectivity index (χ4v) is 1.89. The van der Waals surface area contributed by atoms with Crippen molar-refractivity contribution in [2.75, 3.05) is 26.2 Å². The molecule has 0 aliphatic rings. The zero-order valence-corrected chi connectivity index (χ0v) is 11.9. The number of hydrogen-bond donors (Lipinski definition) is 1. The predicted octanol–water partition coefficient (Wildman–Crippen LogP) is 2.92. The summed E-state index contributed by atoms with van der Waals surface area (Å²) >= 11 is 0. The minimum absolute atomic E-state index is 0.246. The molecule has 0 saturated carbocycles. The molecule has 0 heterocycles. The van der Waals surface area contributed by atoms with Gasteiger partial charge in [-0.15, -0.1) is 0 Å². The van der Waals surface area contributed by atoms with Gasteiger partial charge in [0.15, 0.2) is 0 Å². The molecule has 118 valence electrons. The van der Waals surface area contributed by atoms with E-state index in [1.165, 1.54) is 0 Å². The summed E-state index contributed by atoms with van der Waals surface area (Å²) in [6, 6.07) is 2.67. The molecule has 0 radical (unpaired) electrons. The molecule has 1 amide bonds. The first-order chi connectivity index (χ1) is 9.81. The van der Waals surface area contributed by atoms with Crippen LogP contribution >= 0.6 is 0 Å². The van der Waals surface area contributed by atoms with Crippen LogP contribution in [-0.2, 0) is 6.18 Å². The Morgan fingerprint density at radius 2 is 1.86 bits per heavy atom. The van der Waals surface area contributed by atoms with Gasteiger partial charge in [-0.1, -0.05) is 19.9 Å². The minimum Gasteiger partial charge on any atom is -0.351 e. The van der Waals surface area contributed by atoms with Crippen LogP contribution in [0.3, 0.4) is 0 Å². The number of benzene rings is 1. The highest BCUT2D eigenvalue weighted by Crippen LogP contribution is 2.32. The summed E-state index contributed by atoms with van der Waals surface area (Å²) in [6.45, 7) is 6.31. The van der Waals surface area contributed by atoms with E-state index in [4.69, 9.17) is 0 Å². The molecule has 3 nitrogen and oxygen atoms in total. The molecule has 0 spiro atoms. The van der Waals surface area contributed by atoms with Gasteiger partial charge in [0, 0.05) is 13.1 Å². The molecule has 1 aromatic carbocycles. The lowest BCUT2D eigenvalue weighted by Gasteiger charge is -2.18. The SMILES string of the molecule is CCN(CC)CCNC(=O)c1cccc(C(F)(F)F)c1F. The largest absolute Gasteiger partial charge is 0.419 e. The molecule has 0 aliphatic carbocycles. The first-order valence-corrected chi connectivity index (χ1v) is 6.67. The number of hydrogen-bond acceptors (Lipinski definition) is 2. The van der Waals surface area contributed by atoms with Gasteiger partial charge in [-0.3, -0.25) is 4.79 Å². The lowest BCUT2D eigenvalue weighted by atomic mass is 10.1. The Bertz CT molecular complexity index is 484. The average molecular weight is 306 g/mol. The second kappa shape index (κ2) is 7.40. The molecular weight excluding hydrogens is 288 g/mol. The van der Waals surface area contributed by atoms with E-state index in [1.807, 2.05) is 18.7 Å². The van der Waals surface area contributed by atoms with E-state index in [0.717, 1.165) is 25.2 Å². The molecule has 21 heavy (non-hydrogen) atoms. The Morgan fingerprint density at radius 3 is 2.38 bits per heavy atom. The standard InChI is InChI=1S/C14H18F4N2O/c1-3-20(4-2)9-8-19-13(21)10-6-5-7-11(12(10)15)14(16,17)18/h5-7H,3-4,8-9H2,1-2H3,(H,19,21). The van der Waals surface area contributed by atoms with Crippen LogP contribution in [-0.4, -0.2) is 37.0 Å². The number of nitrogens with zero attached hydrogens (tertiary/aromatic N) is 1. The third-order valence-electron chi connectivity index (χ3n) is 3.16. The highest BCUT2D eigenvalue weighted by molar-refractivity contribution is 5.94. The Kier molecular flexibility index (Phi) is 6.14. The number of rotatable bonds is 6. The van der Waals surface area contributed by atoms with Crippen molar-refractivity contribution in [3.63, 3.8) is 0 Å². The van der Waals surface area contributed by atoms with Crippen molar-refractivity contribution in [3.05, 3.63) is 35.1 Å². The molecule has 0 unspecified atom stereocenters. The number of likely N-dealkylation sites (N-methyl/N-ethyl adjacent to an activating group) is 1. The van der Waals surface area contributed by atoms with Crippen molar-refractivity contribution in [2.45, 2.75) is 20.0 Å². The molecule has 7 heteroatoms. The van der Waals surface area contributed by atoms with Gasteiger partial charge in [-0.05, 0) is 25.2 Å². The van der Waals surface area contributed by atoms with Crippen LogP contribution in [0.2, 0.25) is 0 Å². The first kappa shape index (κ1) is 17.4. The summed E-state index contributed by atoms with van der Waals surface area (Å²) in [5.74, 6) is -2.38. The summed E-state index contributed by atoms with van der Waals surface area (Å²) in [5.41, 5.74) is -2.02. The van der Waals surface area contributed by atoms with Gasteiger partial charge in [0.1, 0.15) is 5.82 Å². The van der Waals surface area contributed by atoms with Gasteiger partial charge in [0.05, 0.1) is 11.1 Å². The van der Waals surface area contributed by atoms with E-state index < -0.39 is 29.0 Å². The quantitative estimate of drug-likeness (QED) is 0.820. The second-order valence-electron chi connectivity index (χ2n) is 4.45. The molecule has 0 saturated heterocycles. The zero-order chi connectivity index (χ0) is 16.0. The number of alkyl halides is 3. The number of amides is 1. The van der Waals surface area contributed by atoms with Gasteiger partial charge in [-0.25, -0.2) is 4.39 Å². The van der Waals surface area contributed by atoms with Gasteiger partial charge in [0.25, 0.3) is 5.91 Å². The average Bonchev–Trinajstić information content (AvgIpc) is 2.42. The Morgan fingerprint density at radius 1 is 1.24 bits per heavy atom. The van der Waals surface area contributed by atoms with Crippen LogP contribution < -0.4 is 5.32 Å². The van der Waals surface area contributed by atoms with Crippen molar-refractivity contribution in [1.29, 1.82) is 0 Å². The van der Waals surface area contributed by atoms with Crippen molar-refractivity contribution in [2.24, 2.45) is 0 Å². The Balaban J connectivity index is 2.75. The van der Waals surface area contributed by atoms with Crippen molar-refractivity contribution < 1.29 is 22.4 Å². The molecule has 0 fully saturated rings. The first-order valence-electron chi connectivity index (χ1n) is 6.67. The molecule has 0 aliphatic heterocycles. The molecule has 1 rings (SSSR count). The molecule has 0 bridgehead atoms. The highest BCUT2D eigenvalue weighted by Gasteiger charge is 2.35. The van der Waals surface area contributed by atoms with Crippen LogP contribution in [0.5, 0.6) is 0 Å². The molecular formula is C14H18F4N2O. The monoisotopic (exact) mass is 306 g/mol. The van der Waals surface area contributed by atoms with Crippen molar-refractivity contribution in [1.82, 2.24) is 10.2 Å². The molecule has 0 atom stereocenters. The predicted molar refractivity (Wildman–Crippen MR) is 71.5 cm³/mol. The summed E-state index contributed by atoms with van der Waals surface area (Å²) in [4.78, 5) is 13.8. The van der Waals surface area contributed by atoms with Gasteiger partial charge >= 0.3 is 6.18 Å². The van der Waals surface area contributed by atoms with Gasteiger partial charge in [-0.2, -0.15) is 13.2 Å². The van der Waals surface area contributed by atoms with E-state index in [2.05, 4.69) is 5.32 Å². The molecule has 0 aromatic heterocycles. The Hall–Kier alpha value is -1.63. The summed E-state index contributed by atoms with van der Waals surface area (Å²) in [5, 5.41) is 2.43. The van der Waals surface area contributed by atoms with Crippen molar-refractivity contribution >= 4 is 5.91 Å². The third kappa shape index (κ3) is 4.70. The summed E-state index contributed by atoms with van der Waals surface area (Å²) in [6.07, 6.45) is -4.82. The lowest BCUT2D eigenvalue weighted by Crippen LogP contribution is -2.35. The van der Waals surface area contributed by atoms with E-state index in [9.17, 15) is 22.4 Å². The third-order valence-corrected chi connectivity index (χ3v) is 3.16. The number of nitrogens with one attached hydrogen (secondary N) is 1. The fourth-order valence-electron chi connectivity index (χ4n) is 1.89. The van der Waals surface area contributed by atoms with E-state index in [-0.39, 0.29) is 6.54 Å². The number of carbonyl (C=O) groups is 1. The topological polar surface area (TPSA) is 32.3 Å². The van der Waals surface area contributed by atoms with E-state index >= 15 is 0 Å². The molecule has 1 aromatic rings. The van der Waals surface area contributed by atoms with Crippen LogP contribution in [0.25, 0.3) is 0 Å². The Labute approximate surface area is 120 Å². The highest BCUT2D eigenvalue weighted by atomic mass is 19.4.